The molecule has 0 fully saturated rings. The Hall–Kier alpha value is -3.76. The predicted molar refractivity (Wildman–Crippen MR) is 110 cm³/mol. The average molecular weight is 391 g/mol. The molecule has 0 aliphatic rings. The lowest BCUT2D eigenvalue weighted by atomic mass is 10.1. The third kappa shape index (κ3) is 5.86. The summed E-state index contributed by atoms with van der Waals surface area (Å²) < 4.78 is 11.0. The minimum absolute atomic E-state index is 0.0911. The van der Waals surface area contributed by atoms with Crippen LogP contribution >= 0.6 is 0 Å². The van der Waals surface area contributed by atoms with E-state index in [-0.39, 0.29) is 5.75 Å². The quantitative estimate of drug-likeness (QED) is 0.425. The summed E-state index contributed by atoms with van der Waals surface area (Å²) in [5.41, 5.74) is 1.81. The van der Waals surface area contributed by atoms with Crippen LogP contribution in [0.2, 0.25) is 0 Å². The molecule has 0 saturated heterocycles. The smallest absolute Gasteiger partial charge is 0.300 e. The summed E-state index contributed by atoms with van der Waals surface area (Å²) >= 11 is 0. The van der Waals surface area contributed by atoms with Gasteiger partial charge in [-0.25, -0.2) is 4.98 Å². The van der Waals surface area contributed by atoms with Crippen LogP contribution < -0.4 is 10.1 Å². The van der Waals surface area contributed by atoms with Gasteiger partial charge in [-0.15, -0.1) is 0 Å². The molecule has 148 valence electrons. The molecular weight excluding hydrogens is 370 g/mol. The van der Waals surface area contributed by atoms with Gasteiger partial charge in [0, 0.05) is 36.0 Å². The highest BCUT2D eigenvalue weighted by atomic mass is 16.5. The Morgan fingerprint density at radius 2 is 2.14 bits per heavy atom. The number of benzene rings is 2. The highest BCUT2D eigenvalue weighted by molar-refractivity contribution is 6.05. The standard InChI is InChI=1S/C22H21N3O4/c1-2-28-12-13-29-20-8-7-17(22-23-10-11-24-22)15-19(20)25-21(27)9-6-16-4-3-5-18(26)14-16/h3-5,7-8,10-11,14-15,26H,2,12-13H2,1H3,(H,23,24)(H,25,27). The lowest BCUT2D eigenvalue weighted by molar-refractivity contribution is -0.111. The average Bonchev–Trinajstić information content (AvgIpc) is 3.25. The molecule has 1 heterocycles. The maximum atomic E-state index is 12.3. The Balaban J connectivity index is 1.78. The normalized spacial score (nSPS) is 10.1. The zero-order valence-electron chi connectivity index (χ0n) is 15.9. The van der Waals surface area contributed by atoms with E-state index in [1.807, 2.05) is 13.0 Å². The van der Waals surface area contributed by atoms with E-state index in [4.69, 9.17) is 9.47 Å². The molecule has 0 spiro atoms. The highest BCUT2D eigenvalue weighted by Gasteiger charge is 2.10. The number of aromatic hydroxyl groups is 1. The summed E-state index contributed by atoms with van der Waals surface area (Å²) in [5.74, 6) is 6.01. The Morgan fingerprint density at radius 3 is 2.90 bits per heavy atom. The number of phenolic OH excluding ortho intramolecular Hbond substituents is 1. The molecule has 29 heavy (non-hydrogen) atoms. The Bertz CT molecular complexity index is 1020. The number of rotatable bonds is 7. The number of carbonyl (C=O) groups is 1. The molecule has 0 bridgehead atoms. The van der Waals surface area contributed by atoms with Crippen molar-refractivity contribution in [3.63, 3.8) is 0 Å². The highest BCUT2D eigenvalue weighted by Crippen LogP contribution is 2.29. The van der Waals surface area contributed by atoms with Gasteiger partial charge in [-0.05, 0) is 43.3 Å². The molecular formula is C22H21N3O4. The Labute approximate surface area is 168 Å². The lowest BCUT2D eigenvalue weighted by Gasteiger charge is -2.12. The summed E-state index contributed by atoms with van der Waals surface area (Å²) in [7, 11) is 0. The third-order valence-corrected chi connectivity index (χ3v) is 3.86. The fourth-order valence-electron chi connectivity index (χ4n) is 2.55. The van der Waals surface area contributed by atoms with Crippen molar-refractivity contribution in [3.8, 4) is 34.7 Å². The first-order valence-electron chi connectivity index (χ1n) is 9.12. The van der Waals surface area contributed by atoms with E-state index in [0.717, 1.165) is 5.56 Å². The number of H-pyrrole nitrogens is 1. The molecule has 3 N–H and O–H groups in total. The van der Waals surface area contributed by atoms with E-state index >= 15 is 0 Å². The maximum Gasteiger partial charge on any atom is 0.300 e. The number of aromatic nitrogens is 2. The summed E-state index contributed by atoms with van der Waals surface area (Å²) in [6.07, 6.45) is 3.38. The zero-order valence-corrected chi connectivity index (χ0v) is 15.9. The number of hydrogen-bond donors (Lipinski definition) is 3. The van der Waals surface area contributed by atoms with Crippen LogP contribution in [0.5, 0.6) is 11.5 Å². The zero-order chi connectivity index (χ0) is 20.5. The second-order valence-corrected chi connectivity index (χ2v) is 5.95. The molecule has 0 aliphatic heterocycles. The van der Waals surface area contributed by atoms with Crippen LogP contribution in [-0.4, -0.2) is 40.8 Å². The van der Waals surface area contributed by atoms with Crippen molar-refractivity contribution in [2.24, 2.45) is 0 Å². The van der Waals surface area contributed by atoms with Gasteiger partial charge >= 0.3 is 5.91 Å². The van der Waals surface area contributed by atoms with E-state index in [0.29, 0.717) is 42.6 Å². The Kier molecular flexibility index (Phi) is 6.87. The number of hydrogen-bond acceptors (Lipinski definition) is 5. The van der Waals surface area contributed by atoms with Crippen LogP contribution in [0.4, 0.5) is 5.69 Å². The molecule has 1 amide bonds. The SMILES string of the molecule is CCOCCOc1ccc(-c2ncc[nH]2)cc1NC(=O)C#Cc1cccc(O)c1. The molecule has 3 rings (SSSR count). The van der Waals surface area contributed by atoms with Crippen molar-refractivity contribution >= 4 is 11.6 Å². The number of phenols is 1. The topological polar surface area (TPSA) is 96.5 Å². The van der Waals surface area contributed by atoms with Gasteiger partial charge in [-0.2, -0.15) is 0 Å². The number of carbonyl (C=O) groups excluding carboxylic acids is 1. The van der Waals surface area contributed by atoms with Crippen molar-refractivity contribution < 1.29 is 19.4 Å². The monoisotopic (exact) mass is 391 g/mol. The molecule has 0 atom stereocenters. The van der Waals surface area contributed by atoms with Crippen LogP contribution in [-0.2, 0) is 9.53 Å². The molecule has 7 heteroatoms. The Morgan fingerprint density at radius 1 is 1.24 bits per heavy atom. The van der Waals surface area contributed by atoms with Crippen LogP contribution in [0.3, 0.4) is 0 Å². The van der Waals surface area contributed by atoms with Gasteiger partial charge in [-0.3, -0.25) is 4.79 Å². The molecule has 0 aliphatic carbocycles. The summed E-state index contributed by atoms with van der Waals surface area (Å²) in [5, 5.41) is 12.2. The van der Waals surface area contributed by atoms with Gasteiger partial charge in [0.15, 0.2) is 0 Å². The number of nitrogens with one attached hydrogen (secondary N) is 2. The van der Waals surface area contributed by atoms with E-state index in [1.165, 1.54) is 12.1 Å². The van der Waals surface area contributed by atoms with Crippen molar-refractivity contribution in [1.82, 2.24) is 9.97 Å². The van der Waals surface area contributed by atoms with E-state index < -0.39 is 5.91 Å². The van der Waals surface area contributed by atoms with Crippen LogP contribution in [0.25, 0.3) is 11.4 Å². The third-order valence-electron chi connectivity index (χ3n) is 3.86. The first kappa shape index (κ1) is 20.0. The van der Waals surface area contributed by atoms with Crippen molar-refractivity contribution in [3.05, 3.63) is 60.4 Å². The second-order valence-electron chi connectivity index (χ2n) is 5.95. The minimum Gasteiger partial charge on any atom is -0.508 e. The molecule has 1 aromatic heterocycles. The van der Waals surface area contributed by atoms with E-state index in [2.05, 4.69) is 27.1 Å². The van der Waals surface area contributed by atoms with Gasteiger partial charge in [0.2, 0.25) is 0 Å². The van der Waals surface area contributed by atoms with Crippen LogP contribution in [0.1, 0.15) is 12.5 Å². The lowest BCUT2D eigenvalue weighted by Crippen LogP contribution is -2.12. The number of anilines is 1. The number of amides is 1. The number of aromatic amines is 1. The van der Waals surface area contributed by atoms with Gasteiger partial charge in [-0.1, -0.05) is 12.0 Å². The van der Waals surface area contributed by atoms with Gasteiger partial charge in [0.25, 0.3) is 0 Å². The molecule has 0 saturated carbocycles. The van der Waals surface area contributed by atoms with Crippen molar-refractivity contribution in [2.75, 3.05) is 25.1 Å². The maximum absolute atomic E-state index is 12.3. The van der Waals surface area contributed by atoms with Gasteiger partial charge in [0.05, 0.1) is 12.3 Å². The van der Waals surface area contributed by atoms with Gasteiger partial charge < -0.3 is 24.9 Å². The van der Waals surface area contributed by atoms with Gasteiger partial charge in [0.1, 0.15) is 23.9 Å². The van der Waals surface area contributed by atoms with Crippen molar-refractivity contribution in [1.29, 1.82) is 0 Å². The fourth-order valence-corrected chi connectivity index (χ4v) is 2.55. The summed E-state index contributed by atoms with van der Waals surface area (Å²) in [6, 6.07) is 11.8. The molecule has 0 radical (unpaired) electrons. The minimum atomic E-state index is -0.500. The van der Waals surface area contributed by atoms with E-state index in [1.54, 1.807) is 36.7 Å². The van der Waals surface area contributed by atoms with Crippen LogP contribution in [0, 0.1) is 11.8 Å². The molecule has 0 unspecified atom stereocenters. The molecule has 2 aromatic carbocycles. The summed E-state index contributed by atoms with van der Waals surface area (Å²) in [6.45, 7) is 3.32. The van der Waals surface area contributed by atoms with E-state index in [9.17, 15) is 9.90 Å². The van der Waals surface area contributed by atoms with Crippen LogP contribution in [0.15, 0.2) is 54.9 Å². The second kappa shape index (κ2) is 9.97. The summed E-state index contributed by atoms with van der Waals surface area (Å²) in [4.78, 5) is 19.6. The van der Waals surface area contributed by atoms with Crippen molar-refractivity contribution in [2.45, 2.75) is 6.92 Å². The molecule has 7 nitrogen and oxygen atoms in total. The fraction of sp³-hybridized carbons (Fsp3) is 0.182. The largest absolute Gasteiger partial charge is 0.508 e. The number of imidazole rings is 1. The predicted octanol–water partition coefficient (Wildman–Crippen LogP) is 3.19. The first-order chi connectivity index (χ1) is 14.2. The first-order valence-corrected chi connectivity index (χ1v) is 9.12. The molecule has 3 aromatic rings. The number of ether oxygens (including phenoxy) is 2. The number of nitrogens with zero attached hydrogens (tertiary/aromatic N) is 1.